The molecule has 1 heterocycles. The van der Waals surface area contributed by atoms with E-state index in [0.717, 1.165) is 26.1 Å². The van der Waals surface area contributed by atoms with Crippen molar-refractivity contribution in [2.24, 2.45) is 0 Å². The quantitative estimate of drug-likeness (QED) is 0.736. The lowest BCUT2D eigenvalue weighted by molar-refractivity contribution is 0.142. The molecule has 14 heavy (non-hydrogen) atoms. The molecule has 0 radical (unpaired) electrons. The van der Waals surface area contributed by atoms with Crippen LogP contribution in [0.25, 0.3) is 0 Å². The van der Waals surface area contributed by atoms with Gasteiger partial charge in [-0.15, -0.1) is 0 Å². The summed E-state index contributed by atoms with van der Waals surface area (Å²) in [4.78, 5) is 2.36. The minimum atomic E-state index is 0.0676. The van der Waals surface area contributed by atoms with E-state index in [1.807, 2.05) is 6.92 Å². The van der Waals surface area contributed by atoms with E-state index < -0.39 is 0 Å². The Labute approximate surface area is 87.1 Å². The van der Waals surface area contributed by atoms with Gasteiger partial charge < -0.3 is 5.32 Å². The second kappa shape index (κ2) is 6.00. The lowest BCUT2D eigenvalue weighted by Gasteiger charge is -2.36. The number of nitrogens with one attached hydrogen (secondary N) is 1. The summed E-state index contributed by atoms with van der Waals surface area (Å²) in [6.07, 6.45) is 3.51. The van der Waals surface area contributed by atoms with Crippen molar-refractivity contribution in [1.82, 2.24) is 10.2 Å². The van der Waals surface area contributed by atoms with Crippen molar-refractivity contribution >= 4 is 0 Å². The van der Waals surface area contributed by atoms with Crippen molar-refractivity contribution in [1.29, 1.82) is 5.26 Å². The topological polar surface area (TPSA) is 39.1 Å². The molecule has 1 atom stereocenters. The first kappa shape index (κ1) is 11.5. The molecule has 0 aromatic rings. The summed E-state index contributed by atoms with van der Waals surface area (Å²) in [6.45, 7) is 7.45. The minimum absolute atomic E-state index is 0.0676. The van der Waals surface area contributed by atoms with Crippen molar-refractivity contribution in [3.8, 4) is 6.07 Å². The van der Waals surface area contributed by atoms with Crippen LogP contribution < -0.4 is 5.32 Å². The number of hydrogen-bond donors (Lipinski definition) is 1. The van der Waals surface area contributed by atoms with E-state index in [9.17, 15) is 0 Å². The zero-order valence-electron chi connectivity index (χ0n) is 9.29. The normalized spacial score (nSPS) is 20.7. The predicted octanol–water partition coefficient (Wildman–Crippen LogP) is 1.36. The van der Waals surface area contributed by atoms with Crippen LogP contribution in [0.15, 0.2) is 0 Å². The maximum atomic E-state index is 8.96. The van der Waals surface area contributed by atoms with E-state index in [0.29, 0.717) is 6.04 Å². The maximum Gasteiger partial charge on any atom is 0.0951 e. The smallest absolute Gasteiger partial charge is 0.0951 e. The van der Waals surface area contributed by atoms with Gasteiger partial charge in [0, 0.05) is 6.04 Å². The van der Waals surface area contributed by atoms with Crippen LogP contribution in [-0.4, -0.2) is 36.6 Å². The van der Waals surface area contributed by atoms with E-state index >= 15 is 0 Å². The Morgan fingerprint density at radius 1 is 1.50 bits per heavy atom. The third kappa shape index (κ3) is 2.97. The van der Waals surface area contributed by atoms with Gasteiger partial charge in [-0.2, -0.15) is 5.26 Å². The summed E-state index contributed by atoms with van der Waals surface area (Å²) >= 11 is 0. The zero-order valence-corrected chi connectivity index (χ0v) is 9.29. The summed E-state index contributed by atoms with van der Waals surface area (Å²) in [5.41, 5.74) is 0. The fraction of sp³-hybridized carbons (Fsp3) is 0.909. The molecule has 0 saturated carbocycles. The molecule has 1 aliphatic heterocycles. The van der Waals surface area contributed by atoms with Crippen LogP contribution in [-0.2, 0) is 0 Å². The molecule has 1 aliphatic rings. The highest BCUT2D eigenvalue weighted by Crippen LogP contribution is 2.15. The summed E-state index contributed by atoms with van der Waals surface area (Å²) in [6, 6.07) is 3.04. The molecule has 1 fully saturated rings. The summed E-state index contributed by atoms with van der Waals surface area (Å²) in [5.74, 6) is 0. The Morgan fingerprint density at radius 2 is 2.14 bits per heavy atom. The van der Waals surface area contributed by atoms with Crippen LogP contribution in [0.4, 0.5) is 0 Å². The van der Waals surface area contributed by atoms with E-state index in [1.165, 1.54) is 12.8 Å². The number of rotatable bonds is 4. The highest BCUT2D eigenvalue weighted by Gasteiger charge is 2.23. The SMILES string of the molecule is CCCN(C(C)C#N)C1CCNCC1. The lowest BCUT2D eigenvalue weighted by Crippen LogP contribution is -2.47. The fourth-order valence-corrected chi connectivity index (χ4v) is 2.16. The zero-order chi connectivity index (χ0) is 10.4. The first-order chi connectivity index (χ1) is 6.79. The van der Waals surface area contributed by atoms with Crippen LogP contribution in [0.5, 0.6) is 0 Å². The Hall–Kier alpha value is -0.590. The molecule has 0 aromatic carbocycles. The molecule has 0 amide bonds. The minimum Gasteiger partial charge on any atom is -0.317 e. The number of nitriles is 1. The second-order valence-electron chi connectivity index (χ2n) is 4.02. The number of nitrogens with zero attached hydrogens (tertiary/aromatic N) is 2. The molecule has 1 unspecified atom stereocenters. The molecule has 3 heteroatoms. The van der Waals surface area contributed by atoms with Crippen LogP contribution >= 0.6 is 0 Å². The van der Waals surface area contributed by atoms with Gasteiger partial charge in [-0.05, 0) is 45.8 Å². The molecule has 0 spiro atoms. The van der Waals surface area contributed by atoms with E-state index in [2.05, 4.69) is 23.2 Å². The largest absolute Gasteiger partial charge is 0.317 e. The van der Waals surface area contributed by atoms with Gasteiger partial charge in [0.05, 0.1) is 12.1 Å². The van der Waals surface area contributed by atoms with Crippen molar-refractivity contribution in [2.45, 2.75) is 45.2 Å². The summed E-state index contributed by atoms with van der Waals surface area (Å²) in [5, 5.41) is 12.3. The Balaban J connectivity index is 2.51. The second-order valence-corrected chi connectivity index (χ2v) is 4.02. The van der Waals surface area contributed by atoms with Crippen molar-refractivity contribution in [3.05, 3.63) is 0 Å². The Morgan fingerprint density at radius 3 is 2.64 bits per heavy atom. The van der Waals surface area contributed by atoms with Crippen LogP contribution in [0.3, 0.4) is 0 Å². The van der Waals surface area contributed by atoms with Crippen molar-refractivity contribution < 1.29 is 0 Å². The standard InChI is InChI=1S/C11H21N3/c1-3-8-14(10(2)9-12)11-4-6-13-7-5-11/h10-11,13H,3-8H2,1-2H3. The van der Waals surface area contributed by atoms with Gasteiger partial charge in [-0.3, -0.25) is 4.90 Å². The van der Waals surface area contributed by atoms with Gasteiger partial charge in [0.25, 0.3) is 0 Å². The third-order valence-corrected chi connectivity index (χ3v) is 2.94. The third-order valence-electron chi connectivity index (χ3n) is 2.94. The van der Waals surface area contributed by atoms with E-state index in [1.54, 1.807) is 0 Å². The number of piperidine rings is 1. The van der Waals surface area contributed by atoms with Crippen LogP contribution in [0.1, 0.15) is 33.1 Å². The van der Waals surface area contributed by atoms with Gasteiger partial charge >= 0.3 is 0 Å². The van der Waals surface area contributed by atoms with Crippen LogP contribution in [0, 0.1) is 11.3 Å². The molecule has 3 nitrogen and oxygen atoms in total. The van der Waals surface area contributed by atoms with E-state index in [-0.39, 0.29) is 6.04 Å². The molecular weight excluding hydrogens is 174 g/mol. The highest BCUT2D eigenvalue weighted by atomic mass is 15.2. The molecule has 1 rings (SSSR count). The van der Waals surface area contributed by atoms with E-state index in [4.69, 9.17) is 5.26 Å². The summed E-state index contributed by atoms with van der Waals surface area (Å²) in [7, 11) is 0. The molecular formula is C11H21N3. The van der Waals surface area contributed by atoms with Crippen molar-refractivity contribution in [2.75, 3.05) is 19.6 Å². The average Bonchev–Trinajstić information content (AvgIpc) is 2.26. The van der Waals surface area contributed by atoms with Gasteiger partial charge in [0.2, 0.25) is 0 Å². The predicted molar refractivity (Wildman–Crippen MR) is 58.0 cm³/mol. The molecule has 0 bridgehead atoms. The molecule has 0 aliphatic carbocycles. The molecule has 0 aromatic heterocycles. The van der Waals surface area contributed by atoms with Gasteiger partial charge in [0.15, 0.2) is 0 Å². The monoisotopic (exact) mass is 195 g/mol. The van der Waals surface area contributed by atoms with Gasteiger partial charge in [-0.1, -0.05) is 6.92 Å². The van der Waals surface area contributed by atoms with Crippen LogP contribution in [0.2, 0.25) is 0 Å². The maximum absolute atomic E-state index is 8.96. The Kier molecular flexibility index (Phi) is 4.92. The molecule has 1 N–H and O–H groups in total. The fourth-order valence-electron chi connectivity index (χ4n) is 2.16. The first-order valence-electron chi connectivity index (χ1n) is 5.65. The van der Waals surface area contributed by atoms with Crippen molar-refractivity contribution in [3.63, 3.8) is 0 Å². The number of hydrogen-bond acceptors (Lipinski definition) is 3. The van der Waals surface area contributed by atoms with Gasteiger partial charge in [-0.25, -0.2) is 0 Å². The highest BCUT2D eigenvalue weighted by molar-refractivity contribution is 4.92. The summed E-state index contributed by atoms with van der Waals surface area (Å²) < 4.78 is 0. The average molecular weight is 195 g/mol. The lowest BCUT2D eigenvalue weighted by atomic mass is 10.0. The first-order valence-corrected chi connectivity index (χ1v) is 5.65. The molecule has 80 valence electrons. The molecule has 1 saturated heterocycles. The Bertz CT molecular complexity index is 191. The van der Waals surface area contributed by atoms with Gasteiger partial charge in [0.1, 0.15) is 0 Å².